The lowest BCUT2D eigenvalue weighted by Crippen LogP contribution is -2.58. The summed E-state index contributed by atoms with van der Waals surface area (Å²) in [5.41, 5.74) is 5.07. The minimum atomic E-state index is -0.298. The third-order valence-corrected chi connectivity index (χ3v) is 10.1. The number of ether oxygens (including phenoxy) is 1. The quantitative estimate of drug-likeness (QED) is 0.332. The largest absolute Gasteiger partial charge is 0.469 e. The first-order chi connectivity index (χ1) is 18.7. The summed E-state index contributed by atoms with van der Waals surface area (Å²) in [4.78, 5) is 17.3. The normalized spacial score (nSPS) is 26.8. The number of methoxy groups -OCH3 is 1. The number of nitrogens with zero attached hydrogens (tertiary/aromatic N) is 5. The fourth-order valence-electron chi connectivity index (χ4n) is 7.09. The number of hydrogen-bond acceptors (Lipinski definition) is 6. The van der Waals surface area contributed by atoms with Gasteiger partial charge >= 0.3 is 5.97 Å². The number of halogens is 2. The molecular weight excluding hydrogens is 533 g/mol. The van der Waals surface area contributed by atoms with Gasteiger partial charge in [0.1, 0.15) is 5.52 Å². The molecular formula is C30H37Cl2N5O2. The molecule has 1 aliphatic carbocycles. The number of benzene rings is 2. The minimum absolute atomic E-state index is 0.0588. The highest BCUT2D eigenvalue weighted by atomic mass is 35.5. The van der Waals surface area contributed by atoms with Crippen LogP contribution in [0.2, 0.25) is 10.0 Å². The second-order valence-electron chi connectivity index (χ2n) is 12.2. The van der Waals surface area contributed by atoms with Crippen molar-refractivity contribution < 1.29 is 9.53 Å². The average molecular weight is 571 g/mol. The number of aromatic nitrogens is 3. The molecule has 3 aliphatic rings. The molecule has 0 amide bonds. The summed E-state index contributed by atoms with van der Waals surface area (Å²) < 4.78 is 7.00. The molecule has 0 radical (unpaired) electrons. The van der Waals surface area contributed by atoms with Crippen molar-refractivity contribution in [2.24, 2.45) is 17.3 Å². The third-order valence-electron chi connectivity index (χ3n) is 9.54. The Kier molecular flexibility index (Phi) is 7.05. The molecule has 0 spiro atoms. The lowest BCUT2D eigenvalue weighted by atomic mass is 9.65. The monoisotopic (exact) mass is 569 g/mol. The number of carbonyl (C=O) groups excluding carboxylic acids is 1. The molecule has 2 aromatic carbocycles. The predicted molar refractivity (Wildman–Crippen MR) is 156 cm³/mol. The van der Waals surface area contributed by atoms with Crippen molar-refractivity contribution in [2.45, 2.75) is 58.5 Å². The molecule has 9 heteroatoms. The van der Waals surface area contributed by atoms with Gasteiger partial charge in [-0.1, -0.05) is 34.5 Å². The topological polar surface area (TPSA) is 63.5 Å². The molecule has 1 aromatic heterocycles. The van der Waals surface area contributed by atoms with E-state index in [-0.39, 0.29) is 17.4 Å². The summed E-state index contributed by atoms with van der Waals surface area (Å²) in [6.45, 7) is 10.8. The number of piperidine rings is 1. The smallest absolute Gasteiger partial charge is 0.311 e. The molecule has 1 saturated carbocycles. The maximum Gasteiger partial charge on any atom is 0.311 e. The van der Waals surface area contributed by atoms with Crippen LogP contribution in [-0.4, -0.2) is 65.2 Å². The van der Waals surface area contributed by atoms with Crippen molar-refractivity contribution in [3.63, 3.8) is 0 Å². The van der Waals surface area contributed by atoms with Crippen LogP contribution in [-0.2, 0) is 9.53 Å². The van der Waals surface area contributed by atoms with E-state index >= 15 is 0 Å². The molecule has 7 nitrogen and oxygen atoms in total. The van der Waals surface area contributed by atoms with Gasteiger partial charge in [0.25, 0.3) is 0 Å². The molecule has 2 atom stereocenters. The summed E-state index contributed by atoms with van der Waals surface area (Å²) in [6, 6.07) is 10.4. The number of hydrogen-bond donors (Lipinski definition) is 0. The van der Waals surface area contributed by atoms with E-state index in [1.54, 1.807) is 6.07 Å². The van der Waals surface area contributed by atoms with Crippen LogP contribution < -0.4 is 4.90 Å². The van der Waals surface area contributed by atoms with E-state index in [4.69, 9.17) is 27.9 Å². The molecule has 39 heavy (non-hydrogen) atoms. The van der Waals surface area contributed by atoms with E-state index in [2.05, 4.69) is 46.1 Å². The number of esters is 1. The number of rotatable bonds is 6. The highest BCUT2D eigenvalue weighted by molar-refractivity contribution is 6.35. The molecule has 0 N–H and O–H groups in total. The van der Waals surface area contributed by atoms with E-state index in [9.17, 15) is 4.79 Å². The van der Waals surface area contributed by atoms with Crippen LogP contribution in [0.15, 0.2) is 30.3 Å². The lowest BCUT2D eigenvalue weighted by Gasteiger charge is -2.53. The summed E-state index contributed by atoms with van der Waals surface area (Å²) in [5, 5.41) is 10.2. The van der Waals surface area contributed by atoms with Crippen molar-refractivity contribution in [1.29, 1.82) is 0 Å². The van der Waals surface area contributed by atoms with Gasteiger partial charge in [-0.15, -0.1) is 5.10 Å². The summed E-state index contributed by atoms with van der Waals surface area (Å²) in [7, 11) is 1.50. The molecule has 2 aliphatic heterocycles. The van der Waals surface area contributed by atoms with Gasteiger partial charge in [0, 0.05) is 41.4 Å². The fourth-order valence-corrected chi connectivity index (χ4v) is 7.66. The fraction of sp³-hybridized carbons (Fsp3) is 0.567. The number of fused-ring (bicyclic) bond motifs is 1. The van der Waals surface area contributed by atoms with Gasteiger partial charge < -0.3 is 14.5 Å². The minimum Gasteiger partial charge on any atom is -0.469 e. The van der Waals surface area contributed by atoms with Crippen molar-refractivity contribution in [1.82, 2.24) is 19.9 Å². The zero-order valence-electron chi connectivity index (χ0n) is 23.2. The van der Waals surface area contributed by atoms with Gasteiger partial charge in [-0.3, -0.25) is 4.79 Å². The second kappa shape index (κ2) is 10.2. The van der Waals surface area contributed by atoms with Gasteiger partial charge in [0.05, 0.1) is 24.1 Å². The van der Waals surface area contributed by atoms with Gasteiger partial charge in [0.15, 0.2) is 0 Å². The maximum absolute atomic E-state index is 12.1. The van der Waals surface area contributed by atoms with E-state index < -0.39 is 0 Å². The van der Waals surface area contributed by atoms with Gasteiger partial charge in [-0.05, 0) is 100 Å². The zero-order valence-corrected chi connectivity index (χ0v) is 24.7. The van der Waals surface area contributed by atoms with Crippen molar-refractivity contribution in [2.75, 3.05) is 38.2 Å². The van der Waals surface area contributed by atoms with Gasteiger partial charge in [-0.25, -0.2) is 4.68 Å². The lowest BCUT2D eigenvalue weighted by molar-refractivity contribution is -0.162. The molecule has 3 aromatic rings. The van der Waals surface area contributed by atoms with Crippen molar-refractivity contribution in [3.8, 4) is 0 Å². The van der Waals surface area contributed by atoms with E-state index in [0.717, 1.165) is 55.6 Å². The first-order valence-electron chi connectivity index (χ1n) is 14.0. The highest BCUT2D eigenvalue weighted by Crippen LogP contribution is 2.46. The molecule has 2 saturated heterocycles. The first-order valence-corrected chi connectivity index (χ1v) is 14.8. The second-order valence-corrected chi connectivity index (χ2v) is 13.0. The van der Waals surface area contributed by atoms with Crippen LogP contribution in [0.5, 0.6) is 0 Å². The Balaban J connectivity index is 1.13. The van der Waals surface area contributed by atoms with Crippen LogP contribution in [0.4, 0.5) is 5.69 Å². The van der Waals surface area contributed by atoms with Crippen LogP contribution >= 0.6 is 23.2 Å². The number of likely N-dealkylation sites (tertiary alicyclic amines) is 1. The van der Waals surface area contributed by atoms with Crippen LogP contribution in [0.3, 0.4) is 0 Å². The Labute approximate surface area is 240 Å². The van der Waals surface area contributed by atoms with Crippen molar-refractivity contribution >= 4 is 45.9 Å². The van der Waals surface area contributed by atoms with Crippen LogP contribution in [0.1, 0.15) is 56.7 Å². The molecule has 208 valence electrons. The summed E-state index contributed by atoms with van der Waals surface area (Å²) >= 11 is 12.6. The predicted octanol–water partition coefficient (Wildman–Crippen LogP) is 6.15. The molecule has 3 heterocycles. The van der Waals surface area contributed by atoms with Crippen LogP contribution in [0, 0.1) is 24.2 Å². The van der Waals surface area contributed by atoms with Crippen molar-refractivity contribution in [3.05, 3.63) is 51.5 Å². The Morgan fingerprint density at radius 2 is 1.90 bits per heavy atom. The Morgan fingerprint density at radius 3 is 2.62 bits per heavy atom. The number of carbonyl (C=O) groups is 1. The Hall–Kier alpha value is -2.35. The van der Waals surface area contributed by atoms with E-state index in [1.165, 1.54) is 31.2 Å². The van der Waals surface area contributed by atoms with E-state index in [1.807, 2.05) is 23.7 Å². The van der Waals surface area contributed by atoms with Crippen LogP contribution in [0.25, 0.3) is 11.0 Å². The number of anilines is 1. The molecule has 6 rings (SSSR count). The maximum atomic E-state index is 12.1. The Morgan fingerprint density at radius 1 is 1.13 bits per heavy atom. The average Bonchev–Trinajstić information content (AvgIpc) is 3.28. The molecule has 0 bridgehead atoms. The standard InChI is InChI=1S/C30H37Cl2N5O2/c1-18-10-26-28(37(34-33-26)19(2)24-8-7-22(31)11-25(24)32)12-27(18)36-16-21(17-36)20-6-5-9-35(15-20)23-13-30(3,14-23)29(38)39-4/h7-8,10-12,19-21,23H,5-6,9,13-17H2,1-4H3/t19-,20+,23?,30?/m1/s1. The SMILES string of the molecule is COC(=O)C1(C)CC(N2CCC[C@H](C3CN(c4cc5c(cc4C)nnn5[C@H](C)c4ccc(Cl)cc4Cl)C3)C2)C1. The van der Waals surface area contributed by atoms with Gasteiger partial charge in [0.2, 0.25) is 0 Å². The highest BCUT2D eigenvalue weighted by Gasteiger charge is 2.50. The summed E-state index contributed by atoms with van der Waals surface area (Å²) in [6.07, 6.45) is 4.38. The van der Waals surface area contributed by atoms with E-state index in [0.29, 0.717) is 27.9 Å². The first kappa shape index (κ1) is 26.9. The molecule has 3 fully saturated rings. The van der Waals surface area contributed by atoms with Gasteiger partial charge in [-0.2, -0.15) is 0 Å². The molecule has 0 unspecified atom stereocenters. The Bertz CT molecular complexity index is 1400. The third kappa shape index (κ3) is 4.81. The zero-order chi connectivity index (χ0) is 27.5. The summed E-state index contributed by atoms with van der Waals surface area (Å²) in [5.74, 6) is 1.35. The number of aryl methyl sites for hydroxylation is 1.